The van der Waals surface area contributed by atoms with Crippen LogP contribution in [0.15, 0.2) is 41.3 Å². The molecule has 0 spiro atoms. The van der Waals surface area contributed by atoms with Crippen LogP contribution in [0.4, 0.5) is 5.69 Å². The van der Waals surface area contributed by atoms with Gasteiger partial charge in [-0.25, -0.2) is 0 Å². The number of halogens is 2. The lowest BCUT2D eigenvalue weighted by atomic mass is 10.1. The van der Waals surface area contributed by atoms with Gasteiger partial charge in [0.1, 0.15) is 0 Å². The number of aromatic amines is 1. The molecule has 142 valence electrons. The fourth-order valence-electron chi connectivity index (χ4n) is 3.58. The van der Waals surface area contributed by atoms with Crippen LogP contribution in [0.3, 0.4) is 0 Å². The number of nitrogens with zero attached hydrogens (tertiary/aromatic N) is 1. The number of hydrogen-bond acceptors (Lipinski definition) is 3. The molecule has 0 amide bonds. The lowest BCUT2D eigenvalue weighted by molar-refractivity contribution is 0.198. The summed E-state index contributed by atoms with van der Waals surface area (Å²) in [7, 11) is -1.07. The van der Waals surface area contributed by atoms with Crippen molar-refractivity contribution in [3.63, 3.8) is 0 Å². The largest absolute Gasteiger partial charge is 0.391 e. The number of rotatable bonds is 4. The quantitative estimate of drug-likeness (QED) is 0.632. The lowest BCUT2D eigenvalue weighted by Gasteiger charge is -2.22. The second kappa shape index (κ2) is 7.47. The molecule has 1 saturated heterocycles. The van der Waals surface area contributed by atoms with Gasteiger partial charge in [0.25, 0.3) is 0 Å². The number of hydrogen-bond donors (Lipinski definition) is 2. The minimum Gasteiger partial charge on any atom is -0.391 e. The van der Waals surface area contributed by atoms with Gasteiger partial charge in [-0.3, -0.25) is 4.21 Å². The number of aliphatic hydroxyl groups is 1. The Kier molecular flexibility index (Phi) is 5.21. The monoisotopic (exact) mass is 422 g/mol. The Morgan fingerprint density at radius 3 is 2.78 bits per heavy atom. The molecule has 0 aliphatic carbocycles. The van der Waals surface area contributed by atoms with Gasteiger partial charge in [0.15, 0.2) is 0 Å². The number of aromatic nitrogens is 1. The van der Waals surface area contributed by atoms with Crippen molar-refractivity contribution in [2.75, 3.05) is 23.7 Å². The van der Waals surface area contributed by atoms with E-state index in [9.17, 15) is 9.32 Å². The summed E-state index contributed by atoms with van der Waals surface area (Å²) >= 11 is 12.8. The molecule has 4 rings (SSSR count). The highest BCUT2D eigenvalue weighted by molar-refractivity contribution is 7.85. The van der Waals surface area contributed by atoms with Gasteiger partial charge < -0.3 is 15.0 Å². The van der Waals surface area contributed by atoms with E-state index in [1.165, 1.54) is 0 Å². The van der Waals surface area contributed by atoms with E-state index in [1.54, 1.807) is 0 Å². The van der Waals surface area contributed by atoms with E-state index in [0.29, 0.717) is 22.3 Å². The average Bonchev–Trinajstić information content (AvgIpc) is 3.23. The molecule has 1 aliphatic heterocycles. The van der Waals surface area contributed by atoms with Crippen LogP contribution in [0.1, 0.15) is 13.3 Å². The van der Waals surface area contributed by atoms with Crippen molar-refractivity contribution in [2.45, 2.75) is 24.3 Å². The first-order valence-electron chi connectivity index (χ1n) is 8.90. The number of β-amino-alcohol motifs (C(OH)–C–C–N with tert-alkyl or cyclic N) is 1. The molecule has 3 aromatic rings. The Labute approximate surface area is 170 Å². The van der Waals surface area contributed by atoms with Crippen molar-refractivity contribution in [2.24, 2.45) is 0 Å². The zero-order valence-corrected chi connectivity index (χ0v) is 17.2. The van der Waals surface area contributed by atoms with Gasteiger partial charge in [-0.15, -0.1) is 0 Å². The fraction of sp³-hybridized carbons (Fsp3) is 0.300. The summed E-state index contributed by atoms with van der Waals surface area (Å²) in [6.45, 7) is 3.25. The normalized spacial score (nSPS) is 18.4. The number of fused-ring (bicyclic) bond motifs is 1. The third kappa shape index (κ3) is 3.49. The molecule has 0 saturated carbocycles. The lowest BCUT2D eigenvalue weighted by Crippen LogP contribution is -2.22. The highest BCUT2D eigenvalue weighted by atomic mass is 35.5. The van der Waals surface area contributed by atoms with E-state index in [1.807, 2.05) is 43.3 Å². The van der Waals surface area contributed by atoms with E-state index < -0.39 is 10.8 Å². The number of aliphatic hydroxyl groups excluding tert-OH is 1. The van der Waals surface area contributed by atoms with Crippen LogP contribution in [0, 0.1) is 0 Å². The Hall–Kier alpha value is -1.53. The van der Waals surface area contributed by atoms with Crippen molar-refractivity contribution >= 4 is 50.6 Å². The Balaban J connectivity index is 1.91. The number of benzene rings is 2. The molecule has 4 nitrogen and oxygen atoms in total. The van der Waals surface area contributed by atoms with Crippen LogP contribution in [-0.4, -0.2) is 39.2 Å². The maximum atomic E-state index is 12.4. The molecule has 2 heterocycles. The highest BCUT2D eigenvalue weighted by Gasteiger charge is 2.25. The first-order valence-corrected chi connectivity index (χ1v) is 11.0. The van der Waals surface area contributed by atoms with Gasteiger partial charge in [0, 0.05) is 50.9 Å². The molecule has 2 aromatic carbocycles. The van der Waals surface area contributed by atoms with Gasteiger partial charge >= 0.3 is 0 Å². The molecule has 7 heteroatoms. The predicted molar refractivity (Wildman–Crippen MR) is 114 cm³/mol. The Morgan fingerprint density at radius 1 is 1.26 bits per heavy atom. The van der Waals surface area contributed by atoms with Crippen LogP contribution < -0.4 is 4.90 Å². The molecular formula is C20H20Cl2N2O2S. The summed E-state index contributed by atoms with van der Waals surface area (Å²) in [5.41, 5.74) is 3.50. The topological polar surface area (TPSA) is 56.3 Å². The molecule has 1 fully saturated rings. The number of H-pyrrole nitrogens is 1. The van der Waals surface area contributed by atoms with E-state index in [0.717, 1.165) is 45.7 Å². The van der Waals surface area contributed by atoms with Crippen LogP contribution in [0.2, 0.25) is 10.0 Å². The van der Waals surface area contributed by atoms with E-state index in [-0.39, 0.29) is 6.10 Å². The molecular weight excluding hydrogens is 403 g/mol. The molecule has 0 radical (unpaired) electrons. The average molecular weight is 423 g/mol. The SMILES string of the molecule is CC[S@@](=O)c1ccc(N2CCC(O)C2)c(-c2[nH]c3cc(Cl)ccc3c2Cl)c1. The van der Waals surface area contributed by atoms with Gasteiger partial charge in [0.2, 0.25) is 0 Å². The van der Waals surface area contributed by atoms with E-state index >= 15 is 0 Å². The first kappa shape index (κ1) is 18.8. The third-order valence-electron chi connectivity index (χ3n) is 4.96. The van der Waals surface area contributed by atoms with Crippen molar-refractivity contribution in [3.8, 4) is 11.3 Å². The molecule has 2 N–H and O–H groups in total. The minimum atomic E-state index is -1.07. The third-order valence-corrected chi connectivity index (χ3v) is 6.90. The van der Waals surface area contributed by atoms with Crippen molar-refractivity contribution < 1.29 is 9.32 Å². The summed E-state index contributed by atoms with van der Waals surface area (Å²) in [6, 6.07) is 11.4. The molecule has 27 heavy (non-hydrogen) atoms. The zero-order valence-electron chi connectivity index (χ0n) is 14.8. The fourth-order valence-corrected chi connectivity index (χ4v) is 4.87. The summed E-state index contributed by atoms with van der Waals surface area (Å²) in [5.74, 6) is 0.553. The molecule has 1 unspecified atom stereocenters. The van der Waals surface area contributed by atoms with Gasteiger partial charge in [0.05, 0.1) is 27.6 Å². The zero-order chi connectivity index (χ0) is 19.1. The van der Waals surface area contributed by atoms with Gasteiger partial charge in [-0.2, -0.15) is 0 Å². The summed E-state index contributed by atoms with van der Waals surface area (Å²) in [6.07, 6.45) is 0.400. The molecule has 0 bridgehead atoms. The van der Waals surface area contributed by atoms with Gasteiger partial charge in [-0.1, -0.05) is 30.1 Å². The molecule has 1 aliphatic rings. The molecule has 1 aromatic heterocycles. The summed E-state index contributed by atoms with van der Waals surface area (Å²) in [5, 5.41) is 12.1. The van der Waals surface area contributed by atoms with Crippen molar-refractivity contribution in [1.29, 1.82) is 0 Å². The number of nitrogens with one attached hydrogen (secondary N) is 1. The predicted octanol–water partition coefficient (Wildman–Crippen LogP) is 4.84. The van der Waals surface area contributed by atoms with Crippen molar-refractivity contribution in [3.05, 3.63) is 46.4 Å². The van der Waals surface area contributed by atoms with Crippen LogP contribution >= 0.6 is 23.2 Å². The Bertz CT molecular complexity index is 1030. The van der Waals surface area contributed by atoms with Crippen LogP contribution in [0.25, 0.3) is 22.2 Å². The Morgan fingerprint density at radius 2 is 2.07 bits per heavy atom. The highest BCUT2D eigenvalue weighted by Crippen LogP contribution is 2.41. The van der Waals surface area contributed by atoms with E-state index in [2.05, 4.69) is 9.88 Å². The first-order chi connectivity index (χ1) is 13.0. The maximum absolute atomic E-state index is 12.4. The van der Waals surface area contributed by atoms with E-state index in [4.69, 9.17) is 23.2 Å². The second-order valence-corrected chi connectivity index (χ2v) is 9.26. The number of anilines is 1. The standard InChI is InChI=1S/C20H20Cl2N2O2S/c1-2-27(26)14-4-6-18(24-8-7-13(25)11-24)16(10-14)20-19(22)15-5-3-12(21)9-17(15)23-20/h3-6,9-10,13,23,25H,2,7-8,11H2,1H3/t13?,27-/m1/s1. The summed E-state index contributed by atoms with van der Waals surface area (Å²) < 4.78 is 12.4. The van der Waals surface area contributed by atoms with Crippen LogP contribution in [0.5, 0.6) is 0 Å². The molecule has 2 atom stereocenters. The van der Waals surface area contributed by atoms with Crippen molar-refractivity contribution in [1.82, 2.24) is 4.98 Å². The van der Waals surface area contributed by atoms with Gasteiger partial charge in [-0.05, 0) is 42.8 Å². The second-order valence-electron chi connectivity index (χ2n) is 6.71. The van der Waals surface area contributed by atoms with Crippen LogP contribution in [-0.2, 0) is 10.8 Å². The summed E-state index contributed by atoms with van der Waals surface area (Å²) in [4.78, 5) is 6.29. The smallest absolute Gasteiger partial charge is 0.0741 e. The maximum Gasteiger partial charge on any atom is 0.0741 e. The minimum absolute atomic E-state index is 0.334.